The van der Waals surface area contributed by atoms with Crippen LogP contribution in [0.25, 0.3) is 0 Å². The van der Waals surface area contributed by atoms with Crippen molar-refractivity contribution in [1.29, 1.82) is 0 Å². The first kappa shape index (κ1) is 16.9. The van der Waals surface area contributed by atoms with Gasteiger partial charge in [0, 0.05) is 16.6 Å². The molecule has 2 N–H and O–H groups in total. The molecule has 2 aromatic carbocycles. The van der Waals surface area contributed by atoms with Crippen LogP contribution in [0.4, 0.5) is 0 Å². The number of nitrogens with two attached hydrogens (primary N) is 1. The molecule has 0 aromatic heterocycles. The fraction of sp³-hybridized carbons (Fsp3) is 0.368. The number of para-hydroxylation sites is 1. The number of rotatable bonds is 7. The number of hydrogen-bond acceptors (Lipinski definition) is 3. The van der Waals surface area contributed by atoms with Crippen molar-refractivity contribution in [3.8, 4) is 5.75 Å². The zero-order chi connectivity index (χ0) is 16.0. The van der Waals surface area contributed by atoms with Gasteiger partial charge < -0.3 is 10.5 Å². The van der Waals surface area contributed by atoms with Gasteiger partial charge >= 0.3 is 0 Å². The van der Waals surface area contributed by atoms with E-state index in [-0.39, 0.29) is 0 Å². The molecule has 22 heavy (non-hydrogen) atoms. The lowest BCUT2D eigenvalue weighted by Crippen LogP contribution is -2.32. The Balaban J connectivity index is 2.33. The summed E-state index contributed by atoms with van der Waals surface area (Å²) in [5, 5.41) is 0.516. The lowest BCUT2D eigenvalue weighted by molar-refractivity contribution is 0.0763. The molecule has 0 aliphatic heterocycles. The molecule has 0 heterocycles. The number of hydrogen-bond donors (Lipinski definition) is 1. The third kappa shape index (κ3) is 4.28. The molecule has 0 spiro atoms. The molecule has 0 bridgehead atoms. The van der Waals surface area contributed by atoms with Gasteiger partial charge in [0.05, 0.1) is 0 Å². The van der Waals surface area contributed by atoms with Crippen molar-refractivity contribution in [2.45, 2.75) is 42.9 Å². The number of ether oxygens (including phenoxy) is 1. The second kappa shape index (κ2) is 7.70. The highest BCUT2D eigenvalue weighted by molar-refractivity contribution is 8.00. The summed E-state index contributed by atoms with van der Waals surface area (Å²) in [6.45, 7) is 7.09. The summed E-state index contributed by atoms with van der Waals surface area (Å²) in [7, 11) is 0. The van der Waals surface area contributed by atoms with Crippen LogP contribution in [0.15, 0.2) is 59.5 Å². The summed E-state index contributed by atoms with van der Waals surface area (Å²) < 4.78 is 6.46. The summed E-state index contributed by atoms with van der Waals surface area (Å²) in [6, 6.07) is 18.6. The van der Waals surface area contributed by atoms with Crippen LogP contribution in [-0.2, 0) is 5.60 Å². The molecule has 0 aliphatic rings. The topological polar surface area (TPSA) is 35.2 Å². The van der Waals surface area contributed by atoms with E-state index in [0.717, 1.165) is 17.7 Å². The largest absolute Gasteiger partial charge is 0.482 e. The summed E-state index contributed by atoms with van der Waals surface area (Å²) in [5.74, 6) is 0.931. The Kier molecular flexibility index (Phi) is 5.92. The van der Waals surface area contributed by atoms with Crippen molar-refractivity contribution in [3.05, 3.63) is 60.2 Å². The van der Waals surface area contributed by atoms with Gasteiger partial charge in [-0.2, -0.15) is 0 Å². The van der Waals surface area contributed by atoms with E-state index < -0.39 is 5.60 Å². The van der Waals surface area contributed by atoms with Crippen molar-refractivity contribution >= 4 is 11.8 Å². The van der Waals surface area contributed by atoms with Crippen LogP contribution >= 0.6 is 11.8 Å². The average molecular weight is 315 g/mol. The van der Waals surface area contributed by atoms with Crippen LogP contribution in [0.2, 0.25) is 0 Å². The predicted molar refractivity (Wildman–Crippen MR) is 95.5 cm³/mol. The molecule has 2 nitrogen and oxygen atoms in total. The lowest BCUT2D eigenvalue weighted by atomic mass is 9.92. The van der Waals surface area contributed by atoms with Gasteiger partial charge in [-0.1, -0.05) is 56.3 Å². The summed E-state index contributed by atoms with van der Waals surface area (Å²) in [5.41, 5.74) is 6.58. The third-order valence-corrected chi connectivity index (χ3v) is 4.62. The molecule has 2 aromatic rings. The SMILES string of the molecule is CC(C)Sc1ccccc1OC(C)(CCN)c1ccccc1. The molecule has 0 saturated heterocycles. The van der Waals surface area contributed by atoms with Crippen LogP contribution in [0.1, 0.15) is 32.8 Å². The van der Waals surface area contributed by atoms with Crippen molar-refractivity contribution in [2.24, 2.45) is 5.73 Å². The molecule has 2 rings (SSSR count). The van der Waals surface area contributed by atoms with Crippen LogP contribution in [0.5, 0.6) is 5.75 Å². The van der Waals surface area contributed by atoms with Crippen LogP contribution in [0, 0.1) is 0 Å². The normalized spacial score (nSPS) is 13.9. The Hall–Kier alpha value is -1.45. The lowest BCUT2D eigenvalue weighted by Gasteiger charge is -2.32. The van der Waals surface area contributed by atoms with Crippen molar-refractivity contribution < 1.29 is 4.74 Å². The maximum Gasteiger partial charge on any atom is 0.134 e. The molecule has 118 valence electrons. The standard InChI is InChI=1S/C19H25NOS/c1-15(2)22-18-12-8-7-11-17(18)21-19(3,13-14-20)16-9-5-4-6-10-16/h4-12,15H,13-14,20H2,1-3H3. The first-order chi connectivity index (χ1) is 10.5. The fourth-order valence-electron chi connectivity index (χ4n) is 2.45. The second-order valence-corrected chi connectivity index (χ2v) is 7.47. The smallest absolute Gasteiger partial charge is 0.134 e. The molecular weight excluding hydrogens is 290 g/mol. The number of benzene rings is 2. The third-order valence-electron chi connectivity index (χ3n) is 3.55. The van der Waals surface area contributed by atoms with E-state index in [1.165, 1.54) is 4.90 Å². The summed E-state index contributed by atoms with van der Waals surface area (Å²) >= 11 is 1.82. The Morgan fingerprint density at radius 1 is 1.05 bits per heavy atom. The van der Waals surface area contributed by atoms with E-state index in [2.05, 4.69) is 45.0 Å². The minimum atomic E-state index is -0.413. The van der Waals surface area contributed by atoms with E-state index >= 15 is 0 Å². The molecule has 0 saturated carbocycles. The monoisotopic (exact) mass is 315 g/mol. The molecule has 0 aliphatic carbocycles. The van der Waals surface area contributed by atoms with Gasteiger partial charge in [0.2, 0.25) is 0 Å². The van der Waals surface area contributed by atoms with Gasteiger partial charge in [-0.05, 0) is 31.2 Å². The quantitative estimate of drug-likeness (QED) is 0.743. The Labute approximate surface area is 138 Å². The maximum absolute atomic E-state index is 6.46. The van der Waals surface area contributed by atoms with Gasteiger partial charge in [-0.3, -0.25) is 0 Å². The van der Waals surface area contributed by atoms with E-state index in [1.807, 2.05) is 42.1 Å². The fourth-order valence-corrected chi connectivity index (χ4v) is 3.34. The van der Waals surface area contributed by atoms with E-state index in [0.29, 0.717) is 11.8 Å². The summed E-state index contributed by atoms with van der Waals surface area (Å²) in [4.78, 5) is 1.18. The molecule has 0 amide bonds. The molecule has 0 radical (unpaired) electrons. The molecular formula is C19H25NOS. The minimum Gasteiger partial charge on any atom is -0.482 e. The van der Waals surface area contributed by atoms with Gasteiger partial charge in [0.25, 0.3) is 0 Å². The number of thioether (sulfide) groups is 1. The van der Waals surface area contributed by atoms with E-state index in [9.17, 15) is 0 Å². The van der Waals surface area contributed by atoms with Gasteiger partial charge in [0.1, 0.15) is 11.4 Å². The van der Waals surface area contributed by atoms with Gasteiger partial charge in [0.15, 0.2) is 0 Å². The highest BCUT2D eigenvalue weighted by Crippen LogP contribution is 2.37. The Morgan fingerprint density at radius 3 is 2.32 bits per heavy atom. The van der Waals surface area contributed by atoms with Crippen LogP contribution in [-0.4, -0.2) is 11.8 Å². The zero-order valence-corrected chi connectivity index (χ0v) is 14.4. The van der Waals surface area contributed by atoms with Gasteiger partial charge in [-0.25, -0.2) is 0 Å². The molecule has 1 unspecified atom stereocenters. The highest BCUT2D eigenvalue weighted by atomic mass is 32.2. The first-order valence-corrected chi connectivity index (χ1v) is 8.63. The van der Waals surface area contributed by atoms with Crippen LogP contribution in [0.3, 0.4) is 0 Å². The maximum atomic E-state index is 6.46. The van der Waals surface area contributed by atoms with Crippen molar-refractivity contribution in [1.82, 2.24) is 0 Å². The van der Waals surface area contributed by atoms with Crippen molar-refractivity contribution in [2.75, 3.05) is 6.54 Å². The van der Waals surface area contributed by atoms with Crippen molar-refractivity contribution in [3.63, 3.8) is 0 Å². The predicted octanol–water partition coefficient (Wildman–Crippen LogP) is 4.83. The second-order valence-electron chi connectivity index (χ2n) is 5.85. The Bertz CT molecular complexity index is 585. The zero-order valence-electron chi connectivity index (χ0n) is 13.6. The minimum absolute atomic E-state index is 0.413. The highest BCUT2D eigenvalue weighted by Gasteiger charge is 2.28. The Morgan fingerprint density at radius 2 is 1.68 bits per heavy atom. The summed E-state index contributed by atoms with van der Waals surface area (Å²) in [6.07, 6.45) is 0.775. The van der Waals surface area contributed by atoms with Gasteiger partial charge in [-0.15, -0.1) is 11.8 Å². The molecule has 1 atom stereocenters. The average Bonchev–Trinajstić information content (AvgIpc) is 2.50. The first-order valence-electron chi connectivity index (χ1n) is 7.75. The van der Waals surface area contributed by atoms with E-state index in [1.54, 1.807) is 0 Å². The van der Waals surface area contributed by atoms with E-state index in [4.69, 9.17) is 10.5 Å². The molecule has 3 heteroatoms. The molecule has 0 fully saturated rings. The van der Waals surface area contributed by atoms with Crippen LogP contribution < -0.4 is 10.5 Å².